The van der Waals surface area contributed by atoms with E-state index in [1.54, 1.807) is 23.9 Å². The Labute approximate surface area is 122 Å². The number of imidazole rings is 1. The van der Waals surface area contributed by atoms with E-state index in [4.69, 9.17) is 0 Å². The van der Waals surface area contributed by atoms with Gasteiger partial charge in [-0.2, -0.15) is 0 Å². The molecule has 0 saturated carbocycles. The summed E-state index contributed by atoms with van der Waals surface area (Å²) in [6.45, 7) is 4.20. The molecule has 0 aliphatic heterocycles. The van der Waals surface area contributed by atoms with E-state index in [0.717, 1.165) is 17.1 Å². The molecule has 0 bridgehead atoms. The Bertz CT molecular complexity index is 687. The lowest BCUT2D eigenvalue weighted by Gasteiger charge is -2.15. The van der Waals surface area contributed by atoms with Gasteiger partial charge in [0.15, 0.2) is 0 Å². The molecule has 0 radical (unpaired) electrons. The largest absolute Gasteiger partial charge is 0.378 e. The number of hydrogen-bond donors (Lipinski definition) is 1. The van der Waals surface area contributed by atoms with Crippen LogP contribution in [0.25, 0.3) is 5.69 Å². The fourth-order valence-corrected chi connectivity index (χ4v) is 3.02. The van der Waals surface area contributed by atoms with Gasteiger partial charge >= 0.3 is 0 Å². The van der Waals surface area contributed by atoms with Gasteiger partial charge in [0.05, 0.1) is 23.6 Å². The minimum atomic E-state index is 0.250. The van der Waals surface area contributed by atoms with Crippen molar-refractivity contribution >= 4 is 17.0 Å². The zero-order chi connectivity index (χ0) is 13.9. The molecule has 1 N–H and O–H groups in total. The van der Waals surface area contributed by atoms with E-state index in [-0.39, 0.29) is 6.04 Å². The topological polar surface area (TPSA) is 42.7 Å². The molecule has 0 saturated heterocycles. The van der Waals surface area contributed by atoms with E-state index >= 15 is 0 Å². The van der Waals surface area contributed by atoms with Crippen molar-refractivity contribution in [3.05, 3.63) is 59.1 Å². The van der Waals surface area contributed by atoms with Crippen molar-refractivity contribution in [3.63, 3.8) is 0 Å². The Kier molecular flexibility index (Phi) is 3.52. The van der Waals surface area contributed by atoms with Gasteiger partial charge in [-0.1, -0.05) is 6.07 Å². The van der Waals surface area contributed by atoms with Gasteiger partial charge in [-0.25, -0.2) is 9.97 Å². The molecule has 20 heavy (non-hydrogen) atoms. The molecule has 0 aliphatic rings. The van der Waals surface area contributed by atoms with Gasteiger partial charge in [0.2, 0.25) is 0 Å². The Morgan fingerprint density at radius 2 is 2.25 bits per heavy atom. The number of nitrogens with zero attached hydrogens (tertiary/aromatic N) is 3. The molecule has 1 unspecified atom stereocenters. The van der Waals surface area contributed by atoms with Crippen molar-refractivity contribution in [1.82, 2.24) is 14.5 Å². The lowest BCUT2D eigenvalue weighted by atomic mass is 10.2. The molecule has 2 aromatic heterocycles. The molecular formula is C15H16N4S. The molecule has 0 aliphatic carbocycles. The summed E-state index contributed by atoms with van der Waals surface area (Å²) in [6, 6.07) is 8.56. The third kappa shape index (κ3) is 2.58. The van der Waals surface area contributed by atoms with Crippen LogP contribution in [0.15, 0.2) is 48.5 Å². The lowest BCUT2D eigenvalue weighted by Crippen LogP contribution is -2.06. The van der Waals surface area contributed by atoms with Crippen LogP contribution in [0.4, 0.5) is 5.69 Å². The predicted octanol–water partition coefficient (Wildman–Crippen LogP) is 3.81. The van der Waals surface area contributed by atoms with E-state index in [1.807, 2.05) is 29.3 Å². The van der Waals surface area contributed by atoms with E-state index in [9.17, 15) is 0 Å². The summed E-state index contributed by atoms with van der Waals surface area (Å²) in [6.07, 6.45) is 5.52. The number of benzene rings is 1. The maximum Gasteiger partial charge on any atom is 0.0991 e. The first-order valence-electron chi connectivity index (χ1n) is 6.49. The number of nitrogens with one attached hydrogen (secondary N) is 1. The molecule has 4 nitrogen and oxygen atoms in total. The normalized spacial score (nSPS) is 12.3. The van der Waals surface area contributed by atoms with Gasteiger partial charge < -0.3 is 9.88 Å². The van der Waals surface area contributed by atoms with Crippen LogP contribution in [-0.2, 0) is 0 Å². The number of anilines is 1. The summed E-state index contributed by atoms with van der Waals surface area (Å²) in [7, 11) is 0. The summed E-state index contributed by atoms with van der Waals surface area (Å²) < 4.78 is 1.99. The van der Waals surface area contributed by atoms with Crippen LogP contribution in [0.2, 0.25) is 0 Å². The van der Waals surface area contributed by atoms with Crippen LogP contribution in [0.5, 0.6) is 0 Å². The Morgan fingerprint density at radius 3 is 2.95 bits per heavy atom. The monoisotopic (exact) mass is 284 g/mol. The smallest absolute Gasteiger partial charge is 0.0991 e. The minimum absolute atomic E-state index is 0.250. The van der Waals surface area contributed by atoms with Gasteiger partial charge in [-0.15, -0.1) is 11.3 Å². The van der Waals surface area contributed by atoms with E-state index in [1.165, 1.54) is 4.88 Å². The summed E-state index contributed by atoms with van der Waals surface area (Å²) in [4.78, 5) is 9.66. The molecule has 2 heterocycles. The van der Waals surface area contributed by atoms with Crippen molar-refractivity contribution in [2.75, 3.05) is 5.32 Å². The third-order valence-electron chi connectivity index (χ3n) is 3.21. The number of rotatable bonds is 4. The van der Waals surface area contributed by atoms with Crippen molar-refractivity contribution < 1.29 is 0 Å². The minimum Gasteiger partial charge on any atom is -0.378 e. The quantitative estimate of drug-likeness (QED) is 0.792. The van der Waals surface area contributed by atoms with Crippen LogP contribution in [0.3, 0.4) is 0 Å². The van der Waals surface area contributed by atoms with Crippen molar-refractivity contribution in [3.8, 4) is 5.69 Å². The number of aryl methyl sites for hydroxylation is 1. The highest BCUT2D eigenvalue weighted by molar-refractivity contribution is 7.09. The Morgan fingerprint density at radius 1 is 1.35 bits per heavy atom. The van der Waals surface area contributed by atoms with Gasteiger partial charge in [0.25, 0.3) is 0 Å². The van der Waals surface area contributed by atoms with Crippen LogP contribution >= 0.6 is 11.3 Å². The van der Waals surface area contributed by atoms with Crippen molar-refractivity contribution in [2.45, 2.75) is 19.9 Å². The molecule has 5 heteroatoms. The SMILES string of the molecule is Cc1ncsc1C(C)Nc1cccc(-n2ccnc2)c1. The number of thiazole rings is 1. The maximum atomic E-state index is 4.30. The number of aromatic nitrogens is 3. The molecule has 102 valence electrons. The van der Waals surface area contributed by atoms with Crippen molar-refractivity contribution in [1.29, 1.82) is 0 Å². The molecule has 3 aromatic rings. The second-order valence-corrected chi connectivity index (χ2v) is 5.57. The fraction of sp³-hybridized carbons (Fsp3) is 0.200. The summed E-state index contributed by atoms with van der Waals surface area (Å²) >= 11 is 1.69. The van der Waals surface area contributed by atoms with Gasteiger partial charge in [0.1, 0.15) is 0 Å². The van der Waals surface area contributed by atoms with Crippen LogP contribution in [-0.4, -0.2) is 14.5 Å². The molecule has 0 amide bonds. The molecular weight excluding hydrogens is 268 g/mol. The predicted molar refractivity (Wildman–Crippen MR) is 82.5 cm³/mol. The summed E-state index contributed by atoms with van der Waals surface area (Å²) in [5.41, 5.74) is 5.18. The number of hydrogen-bond acceptors (Lipinski definition) is 4. The first-order valence-corrected chi connectivity index (χ1v) is 7.37. The van der Waals surface area contributed by atoms with Gasteiger partial charge in [0, 0.05) is 28.6 Å². The average Bonchev–Trinajstić information content (AvgIpc) is 3.09. The second kappa shape index (κ2) is 5.46. The van der Waals surface area contributed by atoms with Crippen molar-refractivity contribution in [2.24, 2.45) is 0 Å². The molecule has 0 fully saturated rings. The summed E-state index contributed by atoms with van der Waals surface area (Å²) in [5, 5.41) is 3.52. The molecule has 1 aromatic carbocycles. The van der Waals surface area contributed by atoms with Crippen LogP contribution < -0.4 is 5.32 Å². The standard InChI is InChI=1S/C15H16N4S/c1-11-15(20-10-17-11)12(2)18-13-4-3-5-14(8-13)19-7-6-16-9-19/h3-10,12,18H,1-2H3. The van der Waals surface area contributed by atoms with Crippen LogP contribution in [0, 0.1) is 6.92 Å². The zero-order valence-electron chi connectivity index (χ0n) is 11.4. The Balaban J connectivity index is 1.81. The van der Waals surface area contributed by atoms with E-state index < -0.39 is 0 Å². The first kappa shape index (κ1) is 12.9. The molecule has 0 spiro atoms. The third-order valence-corrected chi connectivity index (χ3v) is 4.32. The van der Waals surface area contributed by atoms with E-state index in [2.05, 4.69) is 40.4 Å². The average molecular weight is 284 g/mol. The highest BCUT2D eigenvalue weighted by Crippen LogP contribution is 2.25. The molecule has 1 atom stereocenters. The zero-order valence-corrected chi connectivity index (χ0v) is 12.3. The molecule has 3 rings (SSSR count). The highest BCUT2D eigenvalue weighted by Gasteiger charge is 2.11. The Hall–Kier alpha value is -2.14. The van der Waals surface area contributed by atoms with Gasteiger partial charge in [-0.05, 0) is 32.0 Å². The van der Waals surface area contributed by atoms with Gasteiger partial charge in [-0.3, -0.25) is 0 Å². The maximum absolute atomic E-state index is 4.30. The van der Waals surface area contributed by atoms with Crippen LogP contribution in [0.1, 0.15) is 23.5 Å². The first-order chi connectivity index (χ1) is 9.74. The van der Waals surface area contributed by atoms with E-state index in [0.29, 0.717) is 0 Å². The second-order valence-electron chi connectivity index (χ2n) is 4.69. The fourth-order valence-electron chi connectivity index (χ4n) is 2.21. The lowest BCUT2D eigenvalue weighted by molar-refractivity contribution is 0.889. The highest BCUT2D eigenvalue weighted by atomic mass is 32.1. The summed E-state index contributed by atoms with van der Waals surface area (Å²) in [5.74, 6) is 0.